The van der Waals surface area contributed by atoms with Crippen molar-refractivity contribution in [2.45, 2.75) is 25.8 Å². The molecule has 1 atom stereocenters. The molecule has 0 aliphatic carbocycles. The Balaban J connectivity index is 1.63. The Labute approximate surface area is 224 Å². The zero-order valence-corrected chi connectivity index (χ0v) is 22.3. The number of non-ortho nitro benzene ring substituents is 1. The van der Waals surface area contributed by atoms with Crippen LogP contribution in [0.15, 0.2) is 53.9 Å². The predicted octanol–water partition coefficient (Wildman–Crippen LogP) is 5.27. The quantitative estimate of drug-likeness (QED) is 0.209. The monoisotopic (exact) mass is 541 g/mol. The molecule has 37 heavy (non-hydrogen) atoms. The van der Waals surface area contributed by atoms with Gasteiger partial charge in [-0.2, -0.15) is 0 Å². The summed E-state index contributed by atoms with van der Waals surface area (Å²) in [6.45, 7) is 3.13. The second kappa shape index (κ2) is 11.9. The minimum Gasteiger partial charge on any atom is -0.385 e. The van der Waals surface area contributed by atoms with Crippen LogP contribution in [-0.2, 0) is 16.0 Å². The Kier molecular flexibility index (Phi) is 8.58. The average molecular weight is 542 g/mol. The van der Waals surface area contributed by atoms with Crippen molar-refractivity contribution in [2.75, 3.05) is 33.4 Å². The minimum absolute atomic E-state index is 0.0259. The van der Waals surface area contributed by atoms with Crippen LogP contribution in [0.4, 0.5) is 5.69 Å². The van der Waals surface area contributed by atoms with Crippen LogP contribution in [-0.4, -0.2) is 59.9 Å². The molecule has 3 aromatic rings. The summed E-state index contributed by atoms with van der Waals surface area (Å²) in [5, 5.41) is 13.1. The number of ether oxygens (including phenoxy) is 1. The van der Waals surface area contributed by atoms with E-state index in [1.54, 1.807) is 18.4 Å². The van der Waals surface area contributed by atoms with E-state index < -0.39 is 10.8 Å². The van der Waals surface area contributed by atoms with E-state index in [1.807, 2.05) is 36.1 Å². The second-order valence-electron chi connectivity index (χ2n) is 8.89. The van der Waals surface area contributed by atoms with Crippen molar-refractivity contribution in [2.24, 2.45) is 0 Å². The highest BCUT2D eigenvalue weighted by molar-refractivity contribution is 7.10. The zero-order chi connectivity index (χ0) is 26.5. The highest BCUT2D eigenvalue weighted by atomic mass is 35.5. The number of nitro groups is 1. The number of nitrogens with zero attached hydrogens (tertiary/aromatic N) is 3. The Morgan fingerprint density at radius 1 is 1.22 bits per heavy atom. The Morgan fingerprint density at radius 3 is 2.70 bits per heavy atom. The number of aryl methyl sites for hydroxylation is 1. The molecule has 1 unspecified atom stereocenters. The summed E-state index contributed by atoms with van der Waals surface area (Å²) >= 11 is 7.95. The molecule has 194 valence electrons. The molecule has 0 spiro atoms. The average Bonchev–Trinajstić information content (AvgIpc) is 3.36. The summed E-state index contributed by atoms with van der Waals surface area (Å²) in [6, 6.07) is 13.6. The fraction of sp³-hybridized carbons (Fsp3) is 0.333. The fourth-order valence-electron chi connectivity index (χ4n) is 4.68. The number of hydrogen-bond acceptors (Lipinski definition) is 6. The predicted molar refractivity (Wildman–Crippen MR) is 143 cm³/mol. The number of carbonyl (C=O) groups is 2. The molecule has 1 aliphatic rings. The van der Waals surface area contributed by atoms with Gasteiger partial charge in [0.25, 0.3) is 11.6 Å². The van der Waals surface area contributed by atoms with Gasteiger partial charge >= 0.3 is 0 Å². The van der Waals surface area contributed by atoms with E-state index >= 15 is 0 Å². The van der Waals surface area contributed by atoms with Gasteiger partial charge < -0.3 is 14.5 Å². The summed E-state index contributed by atoms with van der Waals surface area (Å²) in [6.07, 6.45) is 1.28. The van der Waals surface area contributed by atoms with Crippen LogP contribution < -0.4 is 0 Å². The largest absolute Gasteiger partial charge is 0.385 e. The maximum Gasteiger partial charge on any atom is 0.270 e. The number of methoxy groups -OCH3 is 1. The molecule has 2 heterocycles. The lowest BCUT2D eigenvalue weighted by Gasteiger charge is -2.38. The van der Waals surface area contributed by atoms with Crippen molar-refractivity contribution < 1.29 is 19.2 Å². The SMILES string of the molecule is COCCCN(CC(=O)N1CCc2sccc2C1c1ccccc1C)C(=O)c1ccc([N+](=O)[O-])cc1Cl. The third kappa shape index (κ3) is 5.84. The Morgan fingerprint density at radius 2 is 2.00 bits per heavy atom. The summed E-state index contributed by atoms with van der Waals surface area (Å²) < 4.78 is 5.15. The molecule has 1 aromatic heterocycles. The first kappa shape index (κ1) is 26.8. The van der Waals surface area contributed by atoms with Crippen molar-refractivity contribution in [3.05, 3.63) is 96.2 Å². The minimum atomic E-state index is -0.569. The molecule has 2 aromatic carbocycles. The molecule has 2 amide bonds. The second-order valence-corrected chi connectivity index (χ2v) is 10.3. The van der Waals surface area contributed by atoms with Crippen molar-refractivity contribution in [1.29, 1.82) is 0 Å². The maximum absolute atomic E-state index is 13.8. The molecule has 1 aliphatic heterocycles. The van der Waals surface area contributed by atoms with E-state index in [0.717, 1.165) is 29.2 Å². The molecule has 4 rings (SSSR count). The van der Waals surface area contributed by atoms with E-state index in [0.29, 0.717) is 19.6 Å². The number of halogens is 1. The van der Waals surface area contributed by atoms with Gasteiger partial charge in [0.1, 0.15) is 6.54 Å². The number of amides is 2. The van der Waals surface area contributed by atoms with E-state index in [4.69, 9.17) is 16.3 Å². The highest BCUT2D eigenvalue weighted by Crippen LogP contribution is 2.39. The van der Waals surface area contributed by atoms with E-state index in [2.05, 4.69) is 11.4 Å². The molecular formula is C27H28ClN3O5S. The molecule has 0 saturated heterocycles. The van der Waals surface area contributed by atoms with Crippen molar-refractivity contribution in [3.8, 4) is 0 Å². The van der Waals surface area contributed by atoms with Crippen molar-refractivity contribution >= 4 is 40.4 Å². The number of thiophene rings is 1. The van der Waals surface area contributed by atoms with Gasteiger partial charge in [0.15, 0.2) is 0 Å². The van der Waals surface area contributed by atoms with Crippen LogP contribution >= 0.6 is 22.9 Å². The van der Waals surface area contributed by atoms with Crippen LogP contribution in [0.25, 0.3) is 0 Å². The lowest BCUT2D eigenvalue weighted by atomic mass is 9.90. The van der Waals surface area contributed by atoms with Crippen molar-refractivity contribution in [3.63, 3.8) is 0 Å². The van der Waals surface area contributed by atoms with Gasteiger partial charge in [-0.15, -0.1) is 11.3 Å². The van der Waals surface area contributed by atoms with Gasteiger partial charge in [0.05, 0.1) is 21.6 Å². The molecule has 0 radical (unpaired) electrons. The van der Waals surface area contributed by atoms with Crippen LogP contribution in [0.5, 0.6) is 0 Å². The van der Waals surface area contributed by atoms with E-state index in [-0.39, 0.29) is 41.3 Å². The number of carbonyl (C=O) groups excluding carboxylic acids is 2. The summed E-state index contributed by atoms with van der Waals surface area (Å²) in [7, 11) is 1.57. The van der Waals surface area contributed by atoms with Gasteiger partial charge in [0.2, 0.25) is 5.91 Å². The highest BCUT2D eigenvalue weighted by Gasteiger charge is 2.35. The summed E-state index contributed by atoms with van der Waals surface area (Å²) in [5.41, 5.74) is 3.19. The molecule has 0 saturated carbocycles. The molecule has 0 bridgehead atoms. The van der Waals surface area contributed by atoms with Gasteiger partial charge in [0, 0.05) is 43.8 Å². The Bertz CT molecular complexity index is 1310. The number of fused-ring (bicyclic) bond motifs is 1. The van der Waals surface area contributed by atoms with Crippen LogP contribution in [0.1, 0.15) is 44.4 Å². The van der Waals surface area contributed by atoms with Gasteiger partial charge in [-0.3, -0.25) is 19.7 Å². The standard InChI is InChI=1S/C27H28ClN3O5S/c1-18-6-3-4-7-20(18)26-22-11-15-37-24(22)10-13-30(26)25(32)17-29(12-5-14-36-2)27(33)21-9-8-19(31(34)35)16-23(21)28/h3-4,6-9,11,15-16,26H,5,10,12-14,17H2,1-2H3. The molecule has 0 fully saturated rings. The Hall–Kier alpha value is -3.27. The first-order valence-corrected chi connectivity index (χ1v) is 13.2. The van der Waals surface area contributed by atoms with E-state index in [1.165, 1.54) is 21.9 Å². The van der Waals surface area contributed by atoms with E-state index in [9.17, 15) is 19.7 Å². The van der Waals surface area contributed by atoms with Gasteiger partial charge in [-0.25, -0.2) is 0 Å². The molecular weight excluding hydrogens is 514 g/mol. The van der Waals surface area contributed by atoms with Crippen LogP contribution in [0, 0.1) is 17.0 Å². The number of hydrogen-bond donors (Lipinski definition) is 0. The topological polar surface area (TPSA) is 93.0 Å². The molecule has 0 N–H and O–H groups in total. The third-order valence-corrected chi connectivity index (χ3v) is 7.86. The van der Waals surface area contributed by atoms with Crippen molar-refractivity contribution in [1.82, 2.24) is 9.80 Å². The van der Waals surface area contributed by atoms with Crippen LogP contribution in [0.3, 0.4) is 0 Å². The van der Waals surface area contributed by atoms with Crippen LogP contribution in [0.2, 0.25) is 5.02 Å². The number of nitro benzene ring substituents is 1. The smallest absolute Gasteiger partial charge is 0.270 e. The third-order valence-electron chi connectivity index (χ3n) is 6.55. The number of rotatable bonds is 9. The lowest BCUT2D eigenvalue weighted by molar-refractivity contribution is -0.384. The number of benzene rings is 2. The first-order chi connectivity index (χ1) is 17.8. The fourth-order valence-corrected chi connectivity index (χ4v) is 5.84. The van der Waals surface area contributed by atoms with Gasteiger partial charge in [-0.05, 0) is 54.0 Å². The summed E-state index contributed by atoms with van der Waals surface area (Å²) in [4.78, 5) is 42.4. The normalized spacial score (nSPS) is 14.8. The first-order valence-electron chi connectivity index (χ1n) is 11.9. The summed E-state index contributed by atoms with van der Waals surface area (Å²) in [5.74, 6) is -0.626. The zero-order valence-electron chi connectivity index (χ0n) is 20.7. The molecule has 8 nitrogen and oxygen atoms in total. The van der Waals surface area contributed by atoms with Gasteiger partial charge in [-0.1, -0.05) is 35.9 Å². The molecule has 10 heteroatoms. The lowest BCUT2D eigenvalue weighted by Crippen LogP contribution is -2.47. The maximum atomic E-state index is 13.8.